The molecule has 90 valence electrons. The fraction of sp³-hybridized carbons (Fsp3) is 0.0833. The molecule has 1 aliphatic heterocycles. The molecule has 0 saturated carbocycles. The van der Waals surface area contributed by atoms with Crippen molar-refractivity contribution in [1.82, 2.24) is 9.97 Å². The van der Waals surface area contributed by atoms with E-state index < -0.39 is 23.5 Å². The first-order valence-corrected chi connectivity index (χ1v) is 5.25. The Morgan fingerprint density at radius 3 is 2.83 bits per heavy atom. The third-order valence-corrected chi connectivity index (χ3v) is 2.82. The number of benzene rings is 1. The van der Waals surface area contributed by atoms with Crippen LogP contribution >= 0.6 is 0 Å². The van der Waals surface area contributed by atoms with E-state index in [-0.39, 0.29) is 5.56 Å². The van der Waals surface area contributed by atoms with E-state index in [9.17, 15) is 14.7 Å². The van der Waals surface area contributed by atoms with Crippen molar-refractivity contribution in [2.45, 2.75) is 6.10 Å². The maximum atomic E-state index is 11.7. The van der Waals surface area contributed by atoms with Crippen LogP contribution < -0.4 is 5.56 Å². The number of rotatable bonds is 1. The summed E-state index contributed by atoms with van der Waals surface area (Å²) in [7, 11) is 0. The molecule has 6 heteroatoms. The Bertz CT molecular complexity index is 692. The molecule has 0 radical (unpaired) electrons. The lowest BCUT2D eigenvalue weighted by atomic mass is 10.0. The maximum absolute atomic E-state index is 11.7. The van der Waals surface area contributed by atoms with Gasteiger partial charge in [0.2, 0.25) is 5.88 Å². The van der Waals surface area contributed by atoms with Gasteiger partial charge in [-0.05, 0) is 6.07 Å². The first-order valence-electron chi connectivity index (χ1n) is 5.25. The molecule has 6 nitrogen and oxygen atoms in total. The molecule has 1 aromatic heterocycles. The van der Waals surface area contributed by atoms with Crippen molar-refractivity contribution in [2.24, 2.45) is 0 Å². The van der Waals surface area contributed by atoms with Gasteiger partial charge in [0.05, 0.1) is 11.9 Å². The summed E-state index contributed by atoms with van der Waals surface area (Å²) in [5.74, 6) is -0.952. The highest BCUT2D eigenvalue weighted by molar-refractivity contribution is 5.94. The highest BCUT2D eigenvalue weighted by atomic mass is 16.5. The molecule has 0 fully saturated rings. The van der Waals surface area contributed by atoms with Crippen molar-refractivity contribution in [3.8, 4) is 5.88 Å². The molecule has 18 heavy (non-hydrogen) atoms. The Hall–Kier alpha value is -2.63. The monoisotopic (exact) mass is 244 g/mol. The van der Waals surface area contributed by atoms with Gasteiger partial charge in [-0.3, -0.25) is 4.79 Å². The largest absolute Gasteiger partial charge is 0.493 e. The van der Waals surface area contributed by atoms with Gasteiger partial charge in [-0.2, -0.15) is 0 Å². The molecule has 0 spiro atoms. The van der Waals surface area contributed by atoms with Gasteiger partial charge in [0.25, 0.3) is 5.56 Å². The summed E-state index contributed by atoms with van der Waals surface area (Å²) in [6.45, 7) is 0. The summed E-state index contributed by atoms with van der Waals surface area (Å²) in [6.07, 6.45) is 0.176. The molecular weight excluding hydrogens is 236 g/mol. The molecule has 1 aliphatic rings. The van der Waals surface area contributed by atoms with Crippen LogP contribution in [0.2, 0.25) is 0 Å². The molecule has 1 unspecified atom stereocenters. The SMILES string of the molecule is O=C1OC(c2c(O)nc[nH]c2=O)c2ccccc21. The van der Waals surface area contributed by atoms with Crippen molar-refractivity contribution < 1.29 is 14.6 Å². The summed E-state index contributed by atoms with van der Waals surface area (Å²) in [5, 5.41) is 9.64. The molecule has 3 rings (SSSR count). The number of aromatic hydroxyl groups is 1. The fourth-order valence-corrected chi connectivity index (χ4v) is 2.00. The molecule has 0 saturated heterocycles. The van der Waals surface area contributed by atoms with Crippen LogP contribution in [0.1, 0.15) is 27.6 Å². The molecule has 2 N–H and O–H groups in total. The van der Waals surface area contributed by atoms with Crippen LogP contribution in [-0.2, 0) is 4.74 Å². The Labute approximate surface area is 101 Å². The molecule has 0 amide bonds. The van der Waals surface area contributed by atoms with E-state index in [1.807, 2.05) is 0 Å². The van der Waals surface area contributed by atoms with Crippen molar-refractivity contribution in [3.63, 3.8) is 0 Å². The number of H-pyrrole nitrogens is 1. The van der Waals surface area contributed by atoms with Crippen LogP contribution in [0, 0.1) is 0 Å². The number of cyclic esters (lactones) is 1. The smallest absolute Gasteiger partial charge is 0.339 e. The van der Waals surface area contributed by atoms with Crippen LogP contribution in [0.15, 0.2) is 35.4 Å². The lowest BCUT2D eigenvalue weighted by Gasteiger charge is -2.10. The molecule has 1 atom stereocenters. The summed E-state index contributed by atoms with van der Waals surface area (Å²) in [5.41, 5.74) is 0.356. The predicted molar refractivity (Wildman–Crippen MR) is 60.2 cm³/mol. The van der Waals surface area contributed by atoms with E-state index in [0.29, 0.717) is 11.1 Å². The first kappa shape index (κ1) is 10.5. The van der Waals surface area contributed by atoms with Crippen molar-refractivity contribution in [1.29, 1.82) is 0 Å². The average Bonchev–Trinajstić information content (AvgIpc) is 2.68. The van der Waals surface area contributed by atoms with Gasteiger partial charge in [-0.1, -0.05) is 18.2 Å². The number of aromatic nitrogens is 2. The first-order chi connectivity index (χ1) is 8.68. The van der Waals surface area contributed by atoms with Gasteiger partial charge in [0.1, 0.15) is 5.56 Å². The van der Waals surface area contributed by atoms with Gasteiger partial charge in [0.15, 0.2) is 6.10 Å². The Morgan fingerprint density at radius 1 is 1.28 bits per heavy atom. The second-order valence-electron chi connectivity index (χ2n) is 3.84. The number of esters is 1. The Morgan fingerprint density at radius 2 is 2.06 bits per heavy atom. The highest BCUT2D eigenvalue weighted by Gasteiger charge is 2.35. The minimum Gasteiger partial charge on any atom is -0.493 e. The third-order valence-electron chi connectivity index (χ3n) is 2.82. The number of hydrogen-bond donors (Lipinski definition) is 2. The van der Waals surface area contributed by atoms with Crippen LogP contribution in [0.3, 0.4) is 0 Å². The van der Waals surface area contributed by atoms with Gasteiger partial charge in [0, 0.05) is 5.56 Å². The fourth-order valence-electron chi connectivity index (χ4n) is 2.00. The van der Waals surface area contributed by atoms with Crippen LogP contribution in [0.4, 0.5) is 0 Å². The van der Waals surface area contributed by atoms with E-state index in [2.05, 4.69) is 9.97 Å². The molecule has 0 bridgehead atoms. The van der Waals surface area contributed by atoms with Crippen molar-refractivity contribution in [2.75, 3.05) is 0 Å². The predicted octanol–water partition coefficient (Wildman–Crippen LogP) is 0.735. The lowest BCUT2D eigenvalue weighted by Crippen LogP contribution is -2.17. The normalized spacial score (nSPS) is 17.3. The van der Waals surface area contributed by atoms with E-state index in [4.69, 9.17) is 4.74 Å². The van der Waals surface area contributed by atoms with Crippen LogP contribution in [0.5, 0.6) is 5.88 Å². The number of carbonyl (C=O) groups excluding carboxylic acids is 1. The molecular formula is C12H8N2O4. The quantitative estimate of drug-likeness (QED) is 0.721. The topological polar surface area (TPSA) is 92.3 Å². The van der Waals surface area contributed by atoms with E-state index in [0.717, 1.165) is 6.33 Å². The second kappa shape index (κ2) is 3.69. The summed E-state index contributed by atoms with van der Waals surface area (Å²) >= 11 is 0. The lowest BCUT2D eigenvalue weighted by molar-refractivity contribution is 0.0450. The summed E-state index contributed by atoms with van der Waals surface area (Å²) < 4.78 is 5.12. The minimum atomic E-state index is -0.911. The molecule has 0 aliphatic carbocycles. The third kappa shape index (κ3) is 1.39. The number of aromatic amines is 1. The van der Waals surface area contributed by atoms with Crippen molar-refractivity contribution >= 4 is 5.97 Å². The van der Waals surface area contributed by atoms with E-state index in [1.54, 1.807) is 24.3 Å². The van der Waals surface area contributed by atoms with Crippen LogP contribution in [0.25, 0.3) is 0 Å². The van der Waals surface area contributed by atoms with Gasteiger partial charge >= 0.3 is 5.97 Å². The number of carbonyl (C=O) groups is 1. The standard InChI is InChI=1S/C12H8N2O4/c15-10-8(11(16)14-5-13-10)9-6-3-1-2-4-7(6)12(17)18-9/h1-5,9H,(H2,13,14,15,16). The zero-order valence-corrected chi connectivity index (χ0v) is 9.08. The number of ether oxygens (including phenoxy) is 1. The highest BCUT2D eigenvalue weighted by Crippen LogP contribution is 2.36. The molecule has 2 heterocycles. The maximum Gasteiger partial charge on any atom is 0.339 e. The van der Waals surface area contributed by atoms with E-state index in [1.165, 1.54) is 0 Å². The van der Waals surface area contributed by atoms with Crippen molar-refractivity contribution in [3.05, 3.63) is 57.6 Å². The molecule has 1 aromatic carbocycles. The Kier molecular flexibility index (Phi) is 2.16. The number of fused-ring (bicyclic) bond motifs is 1. The zero-order valence-electron chi connectivity index (χ0n) is 9.08. The minimum absolute atomic E-state index is 0.0594. The number of hydrogen-bond acceptors (Lipinski definition) is 5. The zero-order chi connectivity index (χ0) is 12.7. The van der Waals surface area contributed by atoms with E-state index >= 15 is 0 Å². The van der Waals surface area contributed by atoms with Gasteiger partial charge in [-0.25, -0.2) is 9.78 Å². The van der Waals surface area contributed by atoms with Gasteiger partial charge < -0.3 is 14.8 Å². The number of nitrogens with one attached hydrogen (secondary N) is 1. The average molecular weight is 244 g/mol. The Balaban J connectivity index is 2.22. The number of nitrogens with zero attached hydrogens (tertiary/aromatic N) is 1. The summed E-state index contributed by atoms with van der Waals surface area (Å²) in [4.78, 5) is 29.3. The molecule has 2 aromatic rings. The van der Waals surface area contributed by atoms with Crippen LogP contribution in [-0.4, -0.2) is 21.0 Å². The van der Waals surface area contributed by atoms with Gasteiger partial charge in [-0.15, -0.1) is 0 Å². The second-order valence-corrected chi connectivity index (χ2v) is 3.84. The summed E-state index contributed by atoms with van der Waals surface area (Å²) in [6, 6.07) is 6.72.